The topological polar surface area (TPSA) is 82.0 Å². The van der Waals surface area contributed by atoms with Gasteiger partial charge in [-0.15, -0.1) is 0 Å². The Morgan fingerprint density at radius 1 is 1.32 bits per heavy atom. The predicted molar refractivity (Wildman–Crippen MR) is 115 cm³/mol. The number of carbonyl (C=O) groups is 2. The number of allylic oxidation sites excluding steroid dienone is 1. The number of carbonyl (C=O) groups excluding carboxylic acids is 2. The average molecular weight is 456 g/mol. The molecule has 0 saturated carbocycles. The molecule has 1 aliphatic heterocycles. The molecule has 2 aromatic rings. The second-order valence-electron chi connectivity index (χ2n) is 6.39. The van der Waals surface area contributed by atoms with E-state index >= 15 is 0 Å². The minimum atomic E-state index is -0.295. The van der Waals surface area contributed by atoms with Gasteiger partial charge in [0, 0.05) is 16.8 Å². The van der Waals surface area contributed by atoms with Crippen LogP contribution in [0.2, 0.25) is 0 Å². The van der Waals surface area contributed by atoms with Gasteiger partial charge in [0.25, 0.3) is 0 Å². The van der Waals surface area contributed by atoms with Crippen molar-refractivity contribution in [2.75, 3.05) is 11.1 Å². The van der Waals surface area contributed by atoms with E-state index in [9.17, 15) is 14.9 Å². The largest absolute Gasteiger partial charge is 0.324 e. The number of halogens is 1. The number of thioether (sulfide) groups is 1. The van der Waals surface area contributed by atoms with E-state index in [1.54, 1.807) is 0 Å². The molecule has 142 valence electrons. The number of rotatable bonds is 5. The number of nitrogens with zero attached hydrogens (tertiary/aromatic N) is 1. The Kier molecular flexibility index (Phi) is 6.55. The van der Waals surface area contributed by atoms with Crippen molar-refractivity contribution in [1.29, 1.82) is 5.26 Å². The van der Waals surface area contributed by atoms with Crippen molar-refractivity contribution in [3.05, 3.63) is 74.7 Å². The molecule has 0 spiro atoms. The van der Waals surface area contributed by atoms with Crippen molar-refractivity contribution in [1.82, 2.24) is 5.32 Å². The number of anilines is 1. The summed E-state index contributed by atoms with van der Waals surface area (Å²) in [5.74, 6) is -0.577. The third kappa shape index (κ3) is 4.83. The molecule has 0 fully saturated rings. The first-order valence-electron chi connectivity index (χ1n) is 8.66. The van der Waals surface area contributed by atoms with Crippen molar-refractivity contribution >= 4 is 45.2 Å². The molecule has 2 aromatic carbocycles. The van der Waals surface area contributed by atoms with Crippen LogP contribution < -0.4 is 10.6 Å². The van der Waals surface area contributed by atoms with Gasteiger partial charge in [-0.25, -0.2) is 0 Å². The number of benzene rings is 2. The second kappa shape index (κ2) is 9.09. The van der Waals surface area contributed by atoms with Crippen LogP contribution in [0.4, 0.5) is 5.69 Å². The summed E-state index contributed by atoms with van der Waals surface area (Å²) in [6, 6.07) is 17.4. The summed E-state index contributed by atoms with van der Waals surface area (Å²) < 4.78 is 0.804. The highest BCUT2D eigenvalue weighted by Crippen LogP contribution is 2.35. The van der Waals surface area contributed by atoms with Gasteiger partial charge in [-0.3, -0.25) is 9.59 Å². The zero-order chi connectivity index (χ0) is 20.1. The molecule has 1 aliphatic rings. The first kappa shape index (κ1) is 20.2. The fraction of sp³-hybridized carbons (Fsp3) is 0.190. The maximum Gasteiger partial charge on any atom is 0.234 e. The van der Waals surface area contributed by atoms with Crippen molar-refractivity contribution < 1.29 is 9.59 Å². The first-order valence-corrected chi connectivity index (χ1v) is 10.4. The predicted octanol–water partition coefficient (Wildman–Crippen LogP) is 4.47. The Balaban J connectivity index is 1.74. The maximum atomic E-state index is 12.3. The molecule has 1 heterocycles. The van der Waals surface area contributed by atoms with E-state index in [2.05, 4.69) is 32.6 Å². The number of nitriles is 1. The lowest BCUT2D eigenvalue weighted by Crippen LogP contribution is -2.31. The summed E-state index contributed by atoms with van der Waals surface area (Å²) in [5, 5.41) is 15.7. The lowest BCUT2D eigenvalue weighted by molar-refractivity contribution is -0.121. The lowest BCUT2D eigenvalue weighted by Gasteiger charge is -2.25. The van der Waals surface area contributed by atoms with Crippen molar-refractivity contribution in [3.63, 3.8) is 0 Å². The fourth-order valence-corrected chi connectivity index (χ4v) is 4.42. The third-order valence-corrected chi connectivity index (χ3v) is 5.98. The Hall–Kier alpha value is -2.56. The molecule has 0 aromatic heterocycles. The van der Waals surface area contributed by atoms with Crippen LogP contribution in [-0.2, 0) is 9.59 Å². The molecule has 1 atom stereocenters. The van der Waals surface area contributed by atoms with E-state index in [1.807, 2.05) is 55.5 Å². The minimum absolute atomic E-state index is 0.0859. The zero-order valence-electron chi connectivity index (χ0n) is 15.2. The van der Waals surface area contributed by atoms with Gasteiger partial charge in [-0.1, -0.05) is 48.2 Å². The molecule has 2 amide bonds. The average Bonchev–Trinajstić information content (AvgIpc) is 2.68. The molecule has 7 heteroatoms. The van der Waals surface area contributed by atoms with Gasteiger partial charge in [0.2, 0.25) is 11.8 Å². The van der Waals surface area contributed by atoms with Crippen LogP contribution >= 0.6 is 27.7 Å². The summed E-state index contributed by atoms with van der Waals surface area (Å²) >= 11 is 4.60. The highest BCUT2D eigenvalue weighted by Gasteiger charge is 2.29. The molecule has 5 nitrogen and oxygen atoms in total. The highest BCUT2D eigenvalue weighted by molar-refractivity contribution is 9.10. The van der Waals surface area contributed by atoms with Crippen LogP contribution in [0.1, 0.15) is 23.5 Å². The monoisotopic (exact) mass is 455 g/mol. The molecule has 0 radical (unpaired) electrons. The van der Waals surface area contributed by atoms with Crippen LogP contribution in [-0.4, -0.2) is 17.6 Å². The van der Waals surface area contributed by atoms with Gasteiger partial charge in [-0.2, -0.15) is 5.26 Å². The number of aryl methyl sites for hydroxylation is 1. The minimum Gasteiger partial charge on any atom is -0.324 e. The van der Waals surface area contributed by atoms with Crippen LogP contribution in [0.3, 0.4) is 0 Å². The Bertz CT molecular complexity index is 983. The molecule has 0 aliphatic carbocycles. The van der Waals surface area contributed by atoms with Crippen LogP contribution in [0.25, 0.3) is 0 Å². The Labute approximate surface area is 176 Å². The molecular formula is C21H18BrN3O2S. The molecule has 2 N–H and O–H groups in total. The number of hydrogen-bond acceptors (Lipinski definition) is 4. The van der Waals surface area contributed by atoms with E-state index < -0.39 is 0 Å². The zero-order valence-corrected chi connectivity index (χ0v) is 17.6. The molecule has 28 heavy (non-hydrogen) atoms. The van der Waals surface area contributed by atoms with Gasteiger partial charge in [0.15, 0.2) is 0 Å². The summed E-state index contributed by atoms with van der Waals surface area (Å²) in [7, 11) is 0. The van der Waals surface area contributed by atoms with E-state index in [0.717, 1.165) is 15.6 Å². The van der Waals surface area contributed by atoms with E-state index in [-0.39, 0.29) is 29.9 Å². The smallest absolute Gasteiger partial charge is 0.234 e. The van der Waals surface area contributed by atoms with Gasteiger partial charge >= 0.3 is 0 Å². The number of hydrogen-bond donors (Lipinski definition) is 2. The molecule has 3 rings (SSSR count). The van der Waals surface area contributed by atoms with E-state index in [1.165, 1.54) is 11.8 Å². The normalized spacial score (nSPS) is 16.3. The Morgan fingerprint density at radius 3 is 2.75 bits per heavy atom. The SMILES string of the molecule is Cc1ccc(NC(=O)CSC2=C(C#N)[C@H](c3ccccc3)CC(=O)N2)c(Br)c1. The van der Waals surface area contributed by atoms with E-state index in [0.29, 0.717) is 16.3 Å². The van der Waals surface area contributed by atoms with Crippen LogP contribution in [0.5, 0.6) is 0 Å². The van der Waals surface area contributed by atoms with E-state index in [4.69, 9.17) is 0 Å². The van der Waals surface area contributed by atoms with Gasteiger partial charge in [0.05, 0.1) is 28.1 Å². The van der Waals surface area contributed by atoms with Crippen molar-refractivity contribution in [3.8, 4) is 6.07 Å². The van der Waals surface area contributed by atoms with Crippen LogP contribution in [0.15, 0.2) is 63.6 Å². The quantitative estimate of drug-likeness (QED) is 0.696. The molecule has 0 unspecified atom stereocenters. The summed E-state index contributed by atoms with van der Waals surface area (Å²) in [5.41, 5.74) is 3.17. The molecule has 0 bridgehead atoms. The molecular weight excluding hydrogens is 438 g/mol. The summed E-state index contributed by atoms with van der Waals surface area (Å²) in [6.45, 7) is 1.97. The molecule has 0 saturated heterocycles. The lowest BCUT2D eigenvalue weighted by atomic mass is 9.87. The highest BCUT2D eigenvalue weighted by atomic mass is 79.9. The Morgan fingerprint density at radius 2 is 2.07 bits per heavy atom. The standard InChI is InChI=1S/C21H18BrN3O2S/c1-13-7-8-18(17(22)9-13)24-20(27)12-28-21-16(11-23)15(10-19(26)25-21)14-5-3-2-4-6-14/h2-9,15H,10,12H2,1H3,(H,24,27)(H,25,26)/t15-/m0/s1. The van der Waals surface area contributed by atoms with Crippen molar-refractivity contribution in [2.24, 2.45) is 0 Å². The van der Waals surface area contributed by atoms with Gasteiger partial charge in [0.1, 0.15) is 0 Å². The summed E-state index contributed by atoms with van der Waals surface area (Å²) in [4.78, 5) is 24.5. The summed E-state index contributed by atoms with van der Waals surface area (Å²) in [6.07, 6.45) is 0.222. The fourth-order valence-electron chi connectivity index (χ4n) is 2.95. The number of nitrogens with one attached hydrogen (secondary N) is 2. The van der Waals surface area contributed by atoms with Crippen molar-refractivity contribution in [2.45, 2.75) is 19.3 Å². The van der Waals surface area contributed by atoms with Gasteiger partial charge in [-0.05, 0) is 46.1 Å². The maximum absolute atomic E-state index is 12.3. The van der Waals surface area contributed by atoms with Crippen LogP contribution in [0, 0.1) is 18.3 Å². The first-order chi connectivity index (χ1) is 13.5. The third-order valence-electron chi connectivity index (χ3n) is 4.30. The number of amides is 2. The second-order valence-corrected chi connectivity index (χ2v) is 8.23. The van der Waals surface area contributed by atoms with Gasteiger partial charge < -0.3 is 10.6 Å².